The highest BCUT2D eigenvalue weighted by atomic mass is 31.2. The normalized spacial score (nSPS) is 14.7. The fourth-order valence-electron chi connectivity index (χ4n) is 13.6. The maximum Gasteiger partial charge on any atom is 0.472 e. The van der Waals surface area contributed by atoms with Crippen LogP contribution in [-0.4, -0.2) is 96.7 Å². The summed E-state index contributed by atoms with van der Waals surface area (Å²) in [5, 5.41) is 10.7. The highest BCUT2D eigenvalue weighted by Crippen LogP contribution is 2.45. The van der Waals surface area contributed by atoms with E-state index in [0.717, 1.165) is 120 Å². The van der Waals surface area contributed by atoms with Crippen LogP contribution in [0.2, 0.25) is 0 Å². The van der Waals surface area contributed by atoms with Crippen molar-refractivity contribution in [2.75, 3.05) is 39.6 Å². The standard InChI is InChI=1S/C88H172O17P2/c1-9-79(6)65-57-49-41-35-29-23-16-14-12-13-15-17-26-32-38-44-54-62-70-87(92)104-83(74-98-85(90)68-60-52-43-37-31-25-21-19-24-30-36-42-50-58-66-80(7)10-2)76-102-106(94,95)100-72-82(89)73-101-107(96,97)103-77-84(75-99-86(91)69-61-53-47-46-51-59-67-81(8)11-3)105-88(93)71-63-55-45-39-33-27-20-18-22-28-34-40-48-56-64-78(4)5/h78-84,89H,9-77H2,1-8H3,(H,94,95)(H,96,97)/t79?,80?,81?,82-,83-,84-/m1/s1. The first-order valence-corrected chi connectivity index (χ1v) is 48.3. The molecule has 0 radical (unpaired) electrons. The quantitative estimate of drug-likeness (QED) is 0.0222. The van der Waals surface area contributed by atoms with E-state index in [0.29, 0.717) is 25.7 Å². The minimum atomic E-state index is -4.97. The maximum atomic E-state index is 13.2. The number of aliphatic hydroxyl groups is 1. The van der Waals surface area contributed by atoms with E-state index in [2.05, 4.69) is 55.4 Å². The zero-order valence-corrected chi connectivity index (χ0v) is 72.6. The Balaban J connectivity index is 5.23. The number of esters is 4. The largest absolute Gasteiger partial charge is 0.472 e. The molecule has 0 amide bonds. The van der Waals surface area contributed by atoms with Gasteiger partial charge in [0.2, 0.25) is 0 Å². The third-order valence-corrected chi connectivity index (χ3v) is 23.6. The third kappa shape index (κ3) is 77.8. The molecule has 636 valence electrons. The van der Waals surface area contributed by atoms with Gasteiger partial charge in [0.25, 0.3) is 0 Å². The summed E-state index contributed by atoms with van der Waals surface area (Å²) in [5.41, 5.74) is 0. The Bertz CT molecular complexity index is 2080. The summed E-state index contributed by atoms with van der Waals surface area (Å²) >= 11 is 0. The number of hydrogen-bond donors (Lipinski definition) is 3. The summed E-state index contributed by atoms with van der Waals surface area (Å²) in [6.07, 6.45) is 66.6. The predicted octanol–water partition coefficient (Wildman–Crippen LogP) is 26.7. The number of rotatable bonds is 85. The molecule has 0 aliphatic heterocycles. The smallest absolute Gasteiger partial charge is 0.462 e. The highest BCUT2D eigenvalue weighted by molar-refractivity contribution is 7.47. The fourth-order valence-corrected chi connectivity index (χ4v) is 15.2. The molecule has 0 aliphatic carbocycles. The van der Waals surface area contributed by atoms with E-state index in [1.54, 1.807) is 0 Å². The van der Waals surface area contributed by atoms with Crippen molar-refractivity contribution in [3.05, 3.63) is 0 Å². The van der Waals surface area contributed by atoms with Gasteiger partial charge in [0.05, 0.1) is 26.4 Å². The van der Waals surface area contributed by atoms with Gasteiger partial charge in [0.1, 0.15) is 19.3 Å². The van der Waals surface area contributed by atoms with E-state index < -0.39 is 97.5 Å². The molecule has 19 heteroatoms. The van der Waals surface area contributed by atoms with Crippen LogP contribution in [0.1, 0.15) is 460 Å². The molecule has 8 atom stereocenters. The van der Waals surface area contributed by atoms with Crippen molar-refractivity contribution in [1.29, 1.82) is 0 Å². The number of unbranched alkanes of at least 4 members (excludes halogenated alkanes) is 48. The molecule has 0 rings (SSSR count). The fraction of sp³-hybridized carbons (Fsp3) is 0.955. The van der Waals surface area contributed by atoms with Gasteiger partial charge in [-0.15, -0.1) is 0 Å². The Morgan fingerprint density at radius 2 is 0.449 bits per heavy atom. The summed E-state index contributed by atoms with van der Waals surface area (Å²) in [7, 11) is -9.93. The SMILES string of the molecule is CCC(C)CCCCCCCCCCCCCCCCCCCCC(=O)O[C@H](COC(=O)CCCCCCCCCCCCCCCCC(C)CC)COP(=O)(O)OC[C@@H](O)COP(=O)(O)OC[C@@H](COC(=O)CCCCCCCCC(C)CC)OC(=O)CCCCCCCCCCCCCCCCC(C)C. The van der Waals surface area contributed by atoms with E-state index >= 15 is 0 Å². The molecule has 3 N–H and O–H groups in total. The lowest BCUT2D eigenvalue weighted by molar-refractivity contribution is -0.161. The number of carbonyl (C=O) groups is 4. The Labute approximate surface area is 658 Å². The van der Waals surface area contributed by atoms with Crippen LogP contribution in [0.25, 0.3) is 0 Å². The van der Waals surface area contributed by atoms with E-state index in [9.17, 15) is 43.2 Å². The van der Waals surface area contributed by atoms with Gasteiger partial charge in [-0.05, 0) is 49.4 Å². The summed E-state index contributed by atoms with van der Waals surface area (Å²) in [4.78, 5) is 73.3. The van der Waals surface area contributed by atoms with Gasteiger partial charge in [0.15, 0.2) is 12.2 Å². The Hall–Kier alpha value is -1.94. The molecule has 0 aromatic rings. The first-order valence-electron chi connectivity index (χ1n) is 45.3. The monoisotopic (exact) mass is 1560 g/mol. The number of hydrogen-bond acceptors (Lipinski definition) is 15. The first kappa shape index (κ1) is 105. The summed E-state index contributed by atoms with van der Waals surface area (Å²) in [6.45, 7) is 14.4. The van der Waals surface area contributed by atoms with Crippen LogP contribution < -0.4 is 0 Å². The van der Waals surface area contributed by atoms with Gasteiger partial charge in [0, 0.05) is 25.7 Å². The predicted molar refractivity (Wildman–Crippen MR) is 441 cm³/mol. The number of ether oxygens (including phenoxy) is 4. The lowest BCUT2D eigenvalue weighted by Gasteiger charge is -2.21. The van der Waals surface area contributed by atoms with E-state index in [-0.39, 0.29) is 25.7 Å². The molecule has 0 saturated carbocycles. The average Bonchev–Trinajstić information content (AvgIpc) is 0.903. The van der Waals surface area contributed by atoms with Gasteiger partial charge in [-0.1, -0.05) is 409 Å². The zero-order valence-electron chi connectivity index (χ0n) is 70.8. The van der Waals surface area contributed by atoms with Crippen molar-refractivity contribution in [1.82, 2.24) is 0 Å². The van der Waals surface area contributed by atoms with Crippen LogP contribution >= 0.6 is 15.6 Å². The topological polar surface area (TPSA) is 237 Å². The molecule has 0 fully saturated rings. The van der Waals surface area contributed by atoms with Crippen LogP contribution in [0.4, 0.5) is 0 Å². The second-order valence-corrected chi connectivity index (χ2v) is 35.7. The molecular weight excluding hydrogens is 1390 g/mol. The number of phosphoric acid groups is 2. The summed E-state index contributed by atoms with van der Waals surface area (Å²) < 4.78 is 68.9. The molecule has 17 nitrogen and oxygen atoms in total. The Morgan fingerprint density at radius 3 is 0.664 bits per heavy atom. The van der Waals surface area contributed by atoms with E-state index in [4.69, 9.17) is 37.0 Å². The minimum Gasteiger partial charge on any atom is -0.462 e. The van der Waals surface area contributed by atoms with E-state index in [1.165, 1.54) is 257 Å². The molecular formula is C88H172O17P2. The number of phosphoric ester groups is 2. The average molecular weight is 1560 g/mol. The highest BCUT2D eigenvalue weighted by Gasteiger charge is 2.31. The van der Waals surface area contributed by atoms with Gasteiger partial charge in [-0.25, -0.2) is 9.13 Å². The van der Waals surface area contributed by atoms with Crippen molar-refractivity contribution < 1.29 is 80.2 Å². The van der Waals surface area contributed by atoms with Crippen molar-refractivity contribution in [3.63, 3.8) is 0 Å². The van der Waals surface area contributed by atoms with Crippen LogP contribution in [0.3, 0.4) is 0 Å². The number of carbonyl (C=O) groups excluding carboxylic acids is 4. The van der Waals surface area contributed by atoms with Gasteiger partial charge in [-0.2, -0.15) is 0 Å². The summed E-state index contributed by atoms with van der Waals surface area (Å²) in [6, 6.07) is 0. The van der Waals surface area contributed by atoms with Crippen molar-refractivity contribution in [3.8, 4) is 0 Å². The first-order chi connectivity index (χ1) is 51.7. The van der Waals surface area contributed by atoms with Crippen molar-refractivity contribution in [2.24, 2.45) is 23.7 Å². The molecule has 0 bridgehead atoms. The molecule has 0 spiro atoms. The Morgan fingerprint density at radius 1 is 0.262 bits per heavy atom. The number of aliphatic hydroxyl groups excluding tert-OH is 1. The third-order valence-electron chi connectivity index (χ3n) is 21.7. The van der Waals surface area contributed by atoms with Crippen LogP contribution in [0.15, 0.2) is 0 Å². The van der Waals surface area contributed by atoms with Crippen LogP contribution in [-0.2, 0) is 65.4 Å². The summed E-state index contributed by atoms with van der Waals surface area (Å²) in [5.74, 6) is 1.14. The lowest BCUT2D eigenvalue weighted by atomic mass is 9.99. The molecule has 0 heterocycles. The van der Waals surface area contributed by atoms with Gasteiger partial charge < -0.3 is 33.8 Å². The van der Waals surface area contributed by atoms with Gasteiger partial charge >= 0.3 is 39.5 Å². The zero-order chi connectivity index (χ0) is 78.8. The van der Waals surface area contributed by atoms with E-state index in [1.807, 2.05) is 0 Å². The molecule has 0 aromatic carbocycles. The van der Waals surface area contributed by atoms with Crippen LogP contribution in [0.5, 0.6) is 0 Å². The molecule has 0 saturated heterocycles. The molecule has 5 unspecified atom stereocenters. The molecule has 0 aliphatic rings. The van der Waals surface area contributed by atoms with Crippen molar-refractivity contribution >= 4 is 39.5 Å². The molecule has 0 aromatic heterocycles. The second-order valence-electron chi connectivity index (χ2n) is 32.8. The Kier molecular flexibility index (Phi) is 75.3. The van der Waals surface area contributed by atoms with Crippen molar-refractivity contribution in [2.45, 2.75) is 478 Å². The molecule has 107 heavy (non-hydrogen) atoms. The van der Waals surface area contributed by atoms with Crippen LogP contribution in [0, 0.1) is 23.7 Å². The maximum absolute atomic E-state index is 13.2. The minimum absolute atomic E-state index is 0.106. The lowest BCUT2D eigenvalue weighted by Crippen LogP contribution is -2.30. The second kappa shape index (κ2) is 76.7. The van der Waals surface area contributed by atoms with Gasteiger partial charge in [-0.3, -0.25) is 37.3 Å².